The molecule has 0 spiro atoms. The zero-order chi connectivity index (χ0) is 10.3. The Morgan fingerprint density at radius 3 is 2.36 bits per heavy atom. The van der Waals surface area contributed by atoms with Crippen molar-refractivity contribution in [2.45, 2.75) is 45.6 Å². The van der Waals surface area contributed by atoms with Gasteiger partial charge in [-0.15, -0.1) is 0 Å². The molecule has 3 nitrogen and oxygen atoms in total. The SMILES string of the molecule is CC(C)(C)ONC(=O)C1C2CCCC21. The fourth-order valence-corrected chi connectivity index (χ4v) is 2.48. The van der Waals surface area contributed by atoms with Gasteiger partial charge in [0.25, 0.3) is 0 Å². The van der Waals surface area contributed by atoms with Gasteiger partial charge in [0.2, 0.25) is 5.91 Å². The summed E-state index contributed by atoms with van der Waals surface area (Å²) in [6.45, 7) is 5.79. The maximum atomic E-state index is 11.6. The third kappa shape index (κ3) is 1.92. The van der Waals surface area contributed by atoms with Gasteiger partial charge in [-0.25, -0.2) is 5.48 Å². The Morgan fingerprint density at radius 1 is 1.29 bits per heavy atom. The molecule has 2 aliphatic rings. The Hall–Kier alpha value is -0.570. The topological polar surface area (TPSA) is 38.3 Å². The van der Waals surface area contributed by atoms with E-state index in [1.165, 1.54) is 19.3 Å². The van der Waals surface area contributed by atoms with Crippen LogP contribution in [0.4, 0.5) is 0 Å². The van der Waals surface area contributed by atoms with Crippen molar-refractivity contribution >= 4 is 5.91 Å². The molecule has 80 valence electrons. The highest BCUT2D eigenvalue weighted by Gasteiger charge is 2.56. The number of carbonyl (C=O) groups is 1. The summed E-state index contributed by atoms with van der Waals surface area (Å²) in [6.07, 6.45) is 3.77. The Balaban J connectivity index is 1.75. The number of amides is 1. The molecule has 0 saturated heterocycles. The third-order valence-corrected chi connectivity index (χ3v) is 3.17. The van der Waals surface area contributed by atoms with Crippen molar-refractivity contribution in [2.75, 3.05) is 0 Å². The number of nitrogens with one attached hydrogen (secondary N) is 1. The molecule has 0 aromatic rings. The quantitative estimate of drug-likeness (QED) is 0.686. The van der Waals surface area contributed by atoms with Gasteiger partial charge in [-0.05, 0) is 45.4 Å². The predicted octanol–water partition coefficient (Wildman–Crippen LogP) is 1.88. The molecule has 14 heavy (non-hydrogen) atoms. The van der Waals surface area contributed by atoms with Gasteiger partial charge in [0, 0.05) is 5.92 Å². The standard InChI is InChI=1S/C11H19NO2/c1-11(2,3)14-12-10(13)9-7-5-4-6-8(7)9/h7-9H,4-6H2,1-3H3,(H,12,13). The molecule has 2 aliphatic carbocycles. The van der Waals surface area contributed by atoms with E-state index in [2.05, 4.69) is 5.48 Å². The van der Waals surface area contributed by atoms with E-state index in [0.29, 0.717) is 11.8 Å². The number of hydrogen-bond acceptors (Lipinski definition) is 2. The molecular formula is C11H19NO2. The second-order valence-corrected chi connectivity index (χ2v) is 5.47. The molecular weight excluding hydrogens is 178 g/mol. The lowest BCUT2D eigenvalue weighted by Crippen LogP contribution is -2.35. The van der Waals surface area contributed by atoms with E-state index in [-0.39, 0.29) is 17.4 Å². The van der Waals surface area contributed by atoms with Crippen molar-refractivity contribution in [1.82, 2.24) is 5.48 Å². The minimum Gasteiger partial charge on any atom is -0.272 e. The molecule has 2 rings (SSSR count). The number of fused-ring (bicyclic) bond motifs is 1. The summed E-state index contributed by atoms with van der Waals surface area (Å²) in [5, 5.41) is 0. The highest BCUT2D eigenvalue weighted by atomic mass is 16.7. The highest BCUT2D eigenvalue weighted by molar-refractivity contribution is 5.81. The van der Waals surface area contributed by atoms with E-state index >= 15 is 0 Å². The molecule has 2 atom stereocenters. The van der Waals surface area contributed by atoms with Crippen molar-refractivity contribution < 1.29 is 9.63 Å². The van der Waals surface area contributed by atoms with Gasteiger partial charge in [0.05, 0.1) is 5.60 Å². The van der Waals surface area contributed by atoms with Crippen LogP contribution in [0.15, 0.2) is 0 Å². The number of rotatable bonds is 2. The average Bonchev–Trinajstić information content (AvgIpc) is 2.54. The fourth-order valence-electron chi connectivity index (χ4n) is 2.48. The van der Waals surface area contributed by atoms with Crippen molar-refractivity contribution in [3.05, 3.63) is 0 Å². The van der Waals surface area contributed by atoms with E-state index in [9.17, 15) is 4.79 Å². The first kappa shape index (κ1) is 9.97. The van der Waals surface area contributed by atoms with Gasteiger partial charge >= 0.3 is 0 Å². The summed E-state index contributed by atoms with van der Waals surface area (Å²) in [7, 11) is 0. The normalized spacial score (nSPS) is 35.2. The fraction of sp³-hybridized carbons (Fsp3) is 0.909. The summed E-state index contributed by atoms with van der Waals surface area (Å²) in [5.41, 5.74) is 2.28. The van der Waals surface area contributed by atoms with Gasteiger partial charge in [-0.1, -0.05) is 6.42 Å². The van der Waals surface area contributed by atoms with Crippen LogP contribution in [0.25, 0.3) is 0 Å². The van der Waals surface area contributed by atoms with Gasteiger partial charge in [0.1, 0.15) is 0 Å². The maximum Gasteiger partial charge on any atom is 0.247 e. The average molecular weight is 197 g/mol. The summed E-state index contributed by atoms with van der Waals surface area (Å²) < 4.78 is 0. The van der Waals surface area contributed by atoms with E-state index in [0.717, 1.165) is 0 Å². The molecule has 2 fully saturated rings. The van der Waals surface area contributed by atoms with Gasteiger partial charge in [-0.3, -0.25) is 9.63 Å². The Morgan fingerprint density at radius 2 is 1.86 bits per heavy atom. The molecule has 2 unspecified atom stereocenters. The second-order valence-electron chi connectivity index (χ2n) is 5.47. The molecule has 2 saturated carbocycles. The minimum atomic E-state index is -0.292. The van der Waals surface area contributed by atoms with Gasteiger partial charge < -0.3 is 0 Å². The van der Waals surface area contributed by atoms with E-state index in [1.807, 2.05) is 20.8 Å². The predicted molar refractivity (Wildman–Crippen MR) is 53.3 cm³/mol. The van der Waals surface area contributed by atoms with Crippen LogP contribution in [0.5, 0.6) is 0 Å². The molecule has 0 bridgehead atoms. The number of carbonyl (C=O) groups excluding carboxylic acids is 1. The van der Waals surface area contributed by atoms with Crippen molar-refractivity contribution in [3.63, 3.8) is 0 Å². The minimum absolute atomic E-state index is 0.0922. The largest absolute Gasteiger partial charge is 0.272 e. The lowest BCUT2D eigenvalue weighted by atomic mass is 10.1. The molecule has 0 aliphatic heterocycles. The van der Waals surface area contributed by atoms with E-state index in [1.54, 1.807) is 0 Å². The maximum absolute atomic E-state index is 11.6. The van der Waals surface area contributed by atoms with Crippen LogP contribution in [0, 0.1) is 17.8 Å². The van der Waals surface area contributed by atoms with Crippen molar-refractivity contribution in [1.29, 1.82) is 0 Å². The monoisotopic (exact) mass is 197 g/mol. The number of hydroxylamine groups is 1. The molecule has 1 amide bonds. The van der Waals surface area contributed by atoms with Crippen LogP contribution in [0.1, 0.15) is 40.0 Å². The van der Waals surface area contributed by atoms with Crippen LogP contribution < -0.4 is 5.48 Å². The highest BCUT2D eigenvalue weighted by Crippen LogP contribution is 2.57. The Kier molecular flexibility index (Phi) is 2.30. The lowest BCUT2D eigenvalue weighted by Gasteiger charge is -2.19. The van der Waals surface area contributed by atoms with Crippen LogP contribution >= 0.6 is 0 Å². The second kappa shape index (κ2) is 3.23. The van der Waals surface area contributed by atoms with Crippen LogP contribution in [0.2, 0.25) is 0 Å². The van der Waals surface area contributed by atoms with Gasteiger partial charge in [0.15, 0.2) is 0 Å². The molecule has 0 aromatic carbocycles. The van der Waals surface area contributed by atoms with E-state index < -0.39 is 0 Å². The molecule has 0 aromatic heterocycles. The summed E-state index contributed by atoms with van der Waals surface area (Å²) in [4.78, 5) is 16.9. The van der Waals surface area contributed by atoms with Crippen molar-refractivity contribution in [2.24, 2.45) is 17.8 Å². The first-order valence-corrected chi connectivity index (χ1v) is 5.47. The third-order valence-electron chi connectivity index (χ3n) is 3.17. The van der Waals surface area contributed by atoms with Crippen LogP contribution in [0.3, 0.4) is 0 Å². The first-order valence-electron chi connectivity index (χ1n) is 5.47. The lowest BCUT2D eigenvalue weighted by molar-refractivity contribution is -0.147. The Labute approximate surface area is 85.2 Å². The van der Waals surface area contributed by atoms with Gasteiger partial charge in [-0.2, -0.15) is 0 Å². The van der Waals surface area contributed by atoms with Crippen molar-refractivity contribution in [3.8, 4) is 0 Å². The Bertz CT molecular complexity index is 234. The summed E-state index contributed by atoms with van der Waals surface area (Å²) >= 11 is 0. The summed E-state index contributed by atoms with van der Waals surface area (Å²) in [6, 6.07) is 0. The first-order chi connectivity index (χ1) is 6.49. The van der Waals surface area contributed by atoms with E-state index in [4.69, 9.17) is 4.84 Å². The molecule has 3 heteroatoms. The zero-order valence-electron chi connectivity index (χ0n) is 9.17. The zero-order valence-corrected chi connectivity index (χ0v) is 9.17. The molecule has 0 heterocycles. The van der Waals surface area contributed by atoms with Crippen LogP contribution in [-0.2, 0) is 9.63 Å². The number of hydrogen-bond donors (Lipinski definition) is 1. The smallest absolute Gasteiger partial charge is 0.247 e. The molecule has 1 N–H and O–H groups in total. The van der Waals surface area contributed by atoms with Crippen LogP contribution in [-0.4, -0.2) is 11.5 Å². The molecule has 0 radical (unpaired) electrons. The summed E-state index contributed by atoms with van der Waals surface area (Å²) in [5.74, 6) is 1.68.